The number of nitrogens with two attached hydrogens (primary N) is 1. The molecule has 2 rings (SSSR count). The minimum absolute atomic E-state index is 0.284. The van der Waals surface area contributed by atoms with Crippen molar-refractivity contribution in [1.82, 2.24) is 0 Å². The molecule has 1 aromatic rings. The van der Waals surface area contributed by atoms with E-state index in [9.17, 15) is 4.39 Å². The van der Waals surface area contributed by atoms with Gasteiger partial charge in [-0.3, -0.25) is 0 Å². The Hall–Kier alpha value is -0.410. The van der Waals surface area contributed by atoms with E-state index in [4.69, 9.17) is 5.73 Å². The highest BCUT2D eigenvalue weighted by Crippen LogP contribution is 2.51. The van der Waals surface area contributed by atoms with Crippen LogP contribution in [0.2, 0.25) is 0 Å². The Morgan fingerprint density at radius 2 is 1.93 bits per heavy atom. The number of halogens is 2. The van der Waals surface area contributed by atoms with Gasteiger partial charge in [0.15, 0.2) is 0 Å². The van der Waals surface area contributed by atoms with Crippen molar-refractivity contribution in [3.63, 3.8) is 0 Å². The molecule has 0 aromatic heterocycles. The summed E-state index contributed by atoms with van der Waals surface area (Å²) in [6, 6.07) is 7.44. The Kier molecular flexibility index (Phi) is 3.12. The number of hydrogen-bond donors (Lipinski definition) is 1. The molecular formula is C12H15BrFN. The third-order valence-electron chi connectivity index (χ3n) is 3.46. The number of alkyl halides is 1. The molecule has 0 heterocycles. The van der Waals surface area contributed by atoms with Gasteiger partial charge in [0, 0.05) is 16.4 Å². The largest absolute Gasteiger partial charge is 0.330 e. The van der Waals surface area contributed by atoms with E-state index in [0.29, 0.717) is 6.54 Å². The van der Waals surface area contributed by atoms with Gasteiger partial charge in [-0.25, -0.2) is 4.39 Å². The summed E-state index contributed by atoms with van der Waals surface area (Å²) >= 11 is 3.35. The monoisotopic (exact) mass is 271 g/mol. The van der Waals surface area contributed by atoms with Gasteiger partial charge >= 0.3 is 0 Å². The highest BCUT2D eigenvalue weighted by atomic mass is 79.9. The zero-order valence-electron chi connectivity index (χ0n) is 8.55. The molecule has 2 N–H and O–H groups in total. The topological polar surface area (TPSA) is 26.0 Å². The van der Waals surface area contributed by atoms with Gasteiger partial charge in [0.1, 0.15) is 6.17 Å². The normalized spacial score (nSPS) is 20.7. The molecule has 1 saturated carbocycles. The highest BCUT2D eigenvalue weighted by molar-refractivity contribution is 9.10. The van der Waals surface area contributed by atoms with Crippen molar-refractivity contribution in [3.05, 3.63) is 34.3 Å². The minimum Gasteiger partial charge on any atom is -0.330 e. The van der Waals surface area contributed by atoms with Gasteiger partial charge < -0.3 is 5.73 Å². The molecule has 1 aliphatic carbocycles. The summed E-state index contributed by atoms with van der Waals surface area (Å²) in [5.74, 6) is 0. The SMILES string of the molecule is NCC1(C(F)c2ccc(Br)cc2)CCC1. The van der Waals surface area contributed by atoms with Gasteiger partial charge in [0.25, 0.3) is 0 Å². The standard InChI is InChI=1S/C12H15BrFN/c13-10-4-2-9(3-5-10)11(14)12(8-15)6-1-7-12/h2-5,11H,1,6-8,15H2. The smallest absolute Gasteiger partial charge is 0.132 e. The number of hydrogen-bond acceptors (Lipinski definition) is 1. The molecule has 1 unspecified atom stereocenters. The Labute approximate surface area is 98.0 Å². The Morgan fingerprint density at radius 3 is 2.33 bits per heavy atom. The predicted octanol–water partition coefficient (Wildman–Crippen LogP) is 3.59. The van der Waals surface area contributed by atoms with E-state index < -0.39 is 6.17 Å². The van der Waals surface area contributed by atoms with Crippen LogP contribution in [-0.2, 0) is 0 Å². The molecule has 3 heteroatoms. The van der Waals surface area contributed by atoms with Gasteiger partial charge in [-0.2, -0.15) is 0 Å². The number of rotatable bonds is 3. The summed E-state index contributed by atoms with van der Waals surface area (Å²) < 4.78 is 15.3. The molecule has 0 spiro atoms. The van der Waals surface area contributed by atoms with Gasteiger partial charge in [-0.15, -0.1) is 0 Å². The van der Waals surface area contributed by atoms with E-state index in [1.165, 1.54) is 0 Å². The molecule has 1 nitrogen and oxygen atoms in total. The van der Waals surface area contributed by atoms with Crippen molar-refractivity contribution in [2.24, 2.45) is 11.1 Å². The molecule has 82 valence electrons. The van der Waals surface area contributed by atoms with Crippen LogP contribution in [0.1, 0.15) is 31.0 Å². The van der Waals surface area contributed by atoms with E-state index in [1.54, 1.807) is 0 Å². The van der Waals surface area contributed by atoms with Crippen molar-refractivity contribution < 1.29 is 4.39 Å². The van der Waals surface area contributed by atoms with Crippen molar-refractivity contribution in [2.75, 3.05) is 6.54 Å². The third kappa shape index (κ3) is 1.95. The van der Waals surface area contributed by atoms with Gasteiger partial charge in [0.2, 0.25) is 0 Å². The average molecular weight is 272 g/mol. The fourth-order valence-corrected chi connectivity index (χ4v) is 2.44. The van der Waals surface area contributed by atoms with Gasteiger partial charge in [-0.1, -0.05) is 34.5 Å². The lowest BCUT2D eigenvalue weighted by Gasteiger charge is -2.43. The van der Waals surface area contributed by atoms with E-state index >= 15 is 0 Å². The second-order valence-corrected chi connectivity index (χ2v) is 5.25. The summed E-state index contributed by atoms with van der Waals surface area (Å²) in [5, 5.41) is 0. The summed E-state index contributed by atoms with van der Waals surface area (Å²) in [4.78, 5) is 0. The van der Waals surface area contributed by atoms with Crippen LogP contribution < -0.4 is 5.73 Å². The fraction of sp³-hybridized carbons (Fsp3) is 0.500. The first-order chi connectivity index (χ1) is 7.18. The van der Waals surface area contributed by atoms with Crippen LogP contribution in [0.4, 0.5) is 4.39 Å². The van der Waals surface area contributed by atoms with Gasteiger partial charge in [-0.05, 0) is 30.5 Å². The predicted molar refractivity (Wildman–Crippen MR) is 63.3 cm³/mol. The summed E-state index contributed by atoms with van der Waals surface area (Å²) in [6.45, 7) is 0.449. The maximum atomic E-state index is 14.3. The lowest BCUT2D eigenvalue weighted by Crippen LogP contribution is -2.41. The van der Waals surface area contributed by atoms with Crippen LogP contribution in [-0.4, -0.2) is 6.54 Å². The van der Waals surface area contributed by atoms with Crippen LogP contribution in [0.5, 0.6) is 0 Å². The first-order valence-corrected chi connectivity index (χ1v) is 6.07. The quantitative estimate of drug-likeness (QED) is 0.894. The first-order valence-electron chi connectivity index (χ1n) is 5.27. The lowest BCUT2D eigenvalue weighted by atomic mass is 9.64. The second kappa shape index (κ2) is 4.22. The molecular weight excluding hydrogens is 257 g/mol. The Bertz CT molecular complexity index is 326. The maximum absolute atomic E-state index is 14.3. The third-order valence-corrected chi connectivity index (χ3v) is 3.98. The van der Waals surface area contributed by atoms with E-state index in [0.717, 1.165) is 29.3 Å². The van der Waals surface area contributed by atoms with Gasteiger partial charge in [0.05, 0.1) is 0 Å². The van der Waals surface area contributed by atoms with Crippen LogP contribution in [0.25, 0.3) is 0 Å². The minimum atomic E-state index is -0.913. The molecule has 1 fully saturated rings. The molecule has 15 heavy (non-hydrogen) atoms. The zero-order chi connectivity index (χ0) is 10.9. The van der Waals surface area contributed by atoms with Crippen molar-refractivity contribution in [3.8, 4) is 0 Å². The lowest BCUT2D eigenvalue weighted by molar-refractivity contribution is 0.0284. The zero-order valence-corrected chi connectivity index (χ0v) is 10.1. The molecule has 0 amide bonds. The van der Waals surface area contributed by atoms with Crippen molar-refractivity contribution >= 4 is 15.9 Å². The summed E-state index contributed by atoms with van der Waals surface area (Å²) in [6.07, 6.45) is 2.03. The average Bonchev–Trinajstić information content (AvgIpc) is 2.18. The molecule has 1 aromatic carbocycles. The first kappa shape index (κ1) is 11.1. The van der Waals surface area contributed by atoms with E-state index in [-0.39, 0.29) is 5.41 Å². The summed E-state index contributed by atoms with van der Waals surface area (Å²) in [7, 11) is 0. The van der Waals surface area contributed by atoms with E-state index in [1.807, 2.05) is 24.3 Å². The number of benzene rings is 1. The molecule has 0 radical (unpaired) electrons. The Morgan fingerprint density at radius 1 is 1.33 bits per heavy atom. The Balaban J connectivity index is 2.19. The van der Waals surface area contributed by atoms with Crippen LogP contribution in [0.3, 0.4) is 0 Å². The fourth-order valence-electron chi connectivity index (χ4n) is 2.18. The van der Waals surface area contributed by atoms with Crippen molar-refractivity contribution in [2.45, 2.75) is 25.4 Å². The van der Waals surface area contributed by atoms with Crippen LogP contribution in [0.15, 0.2) is 28.7 Å². The second-order valence-electron chi connectivity index (χ2n) is 4.33. The van der Waals surface area contributed by atoms with Crippen molar-refractivity contribution in [1.29, 1.82) is 0 Å². The summed E-state index contributed by atoms with van der Waals surface area (Å²) in [5.41, 5.74) is 6.16. The van der Waals surface area contributed by atoms with E-state index in [2.05, 4.69) is 15.9 Å². The molecule has 0 saturated heterocycles. The highest BCUT2D eigenvalue weighted by Gasteiger charge is 2.44. The van der Waals surface area contributed by atoms with Crippen LogP contribution >= 0.6 is 15.9 Å². The molecule has 0 aliphatic heterocycles. The molecule has 1 atom stereocenters. The molecule has 0 bridgehead atoms. The molecule has 1 aliphatic rings. The maximum Gasteiger partial charge on any atom is 0.132 e. The van der Waals surface area contributed by atoms with Crippen LogP contribution in [0, 0.1) is 5.41 Å².